The maximum atomic E-state index is 12.2. The maximum absolute atomic E-state index is 12.2. The second kappa shape index (κ2) is 6.53. The molecule has 1 aromatic rings. The summed E-state index contributed by atoms with van der Waals surface area (Å²) in [5.74, 6) is -0.800. The zero-order valence-electron chi connectivity index (χ0n) is 10.4. The molecule has 0 amide bonds. The van der Waals surface area contributed by atoms with E-state index in [1.54, 1.807) is 31.1 Å². The van der Waals surface area contributed by atoms with Crippen LogP contribution in [0.5, 0.6) is 0 Å². The van der Waals surface area contributed by atoms with Gasteiger partial charge in [0.15, 0.2) is 5.76 Å². The van der Waals surface area contributed by atoms with Crippen LogP contribution < -0.4 is 0 Å². The van der Waals surface area contributed by atoms with Crippen LogP contribution in [0.3, 0.4) is 0 Å². The second-order valence-electron chi connectivity index (χ2n) is 3.89. The lowest BCUT2D eigenvalue weighted by Gasteiger charge is -2.10. The smallest absolute Gasteiger partial charge is 0.308 e. The van der Waals surface area contributed by atoms with Crippen molar-refractivity contribution in [2.45, 2.75) is 6.92 Å². The predicted molar refractivity (Wildman–Crippen MR) is 77.0 cm³/mol. The monoisotopic (exact) mass is 359 g/mol. The molecule has 0 N–H and O–H groups in total. The van der Waals surface area contributed by atoms with Crippen LogP contribution in [0, 0.1) is 3.57 Å². The fourth-order valence-electron chi connectivity index (χ4n) is 1.26. The molecule has 0 heterocycles. The van der Waals surface area contributed by atoms with E-state index in [9.17, 15) is 9.59 Å². The van der Waals surface area contributed by atoms with Gasteiger partial charge in [-0.2, -0.15) is 0 Å². The van der Waals surface area contributed by atoms with Crippen LogP contribution in [0.2, 0.25) is 0 Å². The summed E-state index contributed by atoms with van der Waals surface area (Å²) in [4.78, 5) is 24.8. The van der Waals surface area contributed by atoms with Crippen LogP contribution in [0.1, 0.15) is 17.3 Å². The molecule has 0 aliphatic carbocycles. The number of hydrogen-bond donors (Lipinski definition) is 0. The summed E-state index contributed by atoms with van der Waals surface area (Å²) in [5.41, 5.74) is 0.491. The van der Waals surface area contributed by atoms with Crippen LogP contribution in [-0.4, -0.2) is 30.7 Å². The molecule has 1 rings (SSSR count). The molecule has 0 radical (unpaired) electrons. The quantitative estimate of drug-likeness (QED) is 0.272. The molecule has 0 bridgehead atoms. The Labute approximate surface area is 120 Å². The predicted octanol–water partition coefficient (Wildman–Crippen LogP) is 2.44. The molecule has 5 heteroatoms. The molecule has 1 aromatic carbocycles. The van der Waals surface area contributed by atoms with Gasteiger partial charge in [-0.3, -0.25) is 9.59 Å². The van der Waals surface area contributed by atoms with E-state index in [4.69, 9.17) is 4.74 Å². The van der Waals surface area contributed by atoms with Crippen LogP contribution in [-0.2, 0) is 9.53 Å². The second-order valence-corrected chi connectivity index (χ2v) is 5.13. The summed E-state index contributed by atoms with van der Waals surface area (Å²) < 4.78 is 5.97. The summed E-state index contributed by atoms with van der Waals surface area (Å²) in [6.07, 6.45) is 1.49. The number of ketones is 1. The first-order chi connectivity index (χ1) is 8.40. The third kappa shape index (κ3) is 4.48. The highest BCUT2D eigenvalue weighted by Crippen LogP contribution is 2.13. The van der Waals surface area contributed by atoms with Gasteiger partial charge in [0.25, 0.3) is 0 Å². The van der Waals surface area contributed by atoms with Crippen molar-refractivity contribution in [1.82, 2.24) is 4.90 Å². The van der Waals surface area contributed by atoms with Crippen LogP contribution in [0.4, 0.5) is 0 Å². The number of nitrogens with zero attached hydrogens (tertiary/aromatic N) is 1. The number of ether oxygens (including phenoxy) is 1. The van der Waals surface area contributed by atoms with Crippen molar-refractivity contribution in [2.75, 3.05) is 14.1 Å². The molecule has 96 valence electrons. The Balaban J connectivity index is 3.02. The van der Waals surface area contributed by atoms with Crippen molar-refractivity contribution in [2.24, 2.45) is 0 Å². The molecule has 0 aromatic heterocycles. The minimum absolute atomic E-state index is 0.0220. The highest BCUT2D eigenvalue weighted by Gasteiger charge is 2.16. The summed E-state index contributed by atoms with van der Waals surface area (Å²) in [6.45, 7) is 1.27. The third-order valence-electron chi connectivity index (χ3n) is 1.96. The Bertz CT molecular complexity index is 478. The molecule has 4 nitrogen and oxygen atoms in total. The Morgan fingerprint density at radius 3 is 2.22 bits per heavy atom. The zero-order valence-corrected chi connectivity index (χ0v) is 12.6. The average Bonchev–Trinajstić information content (AvgIpc) is 2.27. The Kier molecular flexibility index (Phi) is 5.33. The molecule has 0 saturated heterocycles. The summed E-state index contributed by atoms with van der Waals surface area (Å²) in [6, 6.07) is 7.07. The number of allylic oxidation sites excluding steroid dienone is 1. The van der Waals surface area contributed by atoms with Crippen LogP contribution in [0.25, 0.3) is 0 Å². The number of esters is 1. The maximum Gasteiger partial charge on any atom is 0.308 e. The van der Waals surface area contributed by atoms with E-state index >= 15 is 0 Å². The molecule has 0 fully saturated rings. The molecular weight excluding hydrogens is 345 g/mol. The molecule has 0 saturated carbocycles. The topological polar surface area (TPSA) is 46.6 Å². The number of benzene rings is 1. The minimum Gasteiger partial charge on any atom is -0.421 e. The van der Waals surface area contributed by atoms with E-state index in [1.165, 1.54) is 13.1 Å². The number of rotatable bonds is 4. The number of halogens is 1. The number of carbonyl (C=O) groups is 2. The van der Waals surface area contributed by atoms with E-state index in [2.05, 4.69) is 22.6 Å². The first-order valence-electron chi connectivity index (χ1n) is 5.27. The lowest BCUT2D eigenvalue weighted by molar-refractivity contribution is -0.136. The van der Waals surface area contributed by atoms with Crippen LogP contribution >= 0.6 is 22.6 Å². The first-order valence-corrected chi connectivity index (χ1v) is 6.35. The number of carbonyl (C=O) groups excluding carboxylic acids is 2. The van der Waals surface area contributed by atoms with Gasteiger partial charge in [0.1, 0.15) is 0 Å². The van der Waals surface area contributed by atoms with Gasteiger partial charge in [0.2, 0.25) is 5.78 Å². The molecule has 0 unspecified atom stereocenters. The molecular formula is C13H14INO3. The van der Waals surface area contributed by atoms with Crippen molar-refractivity contribution in [3.8, 4) is 0 Å². The van der Waals surface area contributed by atoms with Crippen molar-refractivity contribution in [3.05, 3.63) is 45.4 Å². The van der Waals surface area contributed by atoms with Gasteiger partial charge >= 0.3 is 5.97 Å². The van der Waals surface area contributed by atoms with Crippen molar-refractivity contribution < 1.29 is 14.3 Å². The van der Waals surface area contributed by atoms with Gasteiger partial charge in [-0.15, -0.1) is 0 Å². The van der Waals surface area contributed by atoms with E-state index in [0.717, 1.165) is 3.57 Å². The van der Waals surface area contributed by atoms with Crippen molar-refractivity contribution in [3.63, 3.8) is 0 Å². The molecule has 18 heavy (non-hydrogen) atoms. The fraction of sp³-hybridized carbons (Fsp3) is 0.231. The van der Waals surface area contributed by atoms with Gasteiger partial charge in [-0.1, -0.05) is 0 Å². The van der Waals surface area contributed by atoms with Crippen molar-refractivity contribution >= 4 is 34.3 Å². The van der Waals surface area contributed by atoms with Gasteiger partial charge in [0, 0.05) is 36.4 Å². The van der Waals surface area contributed by atoms with E-state index in [0.29, 0.717) is 5.56 Å². The number of Topliss-reactive ketones (excluding diaryl/α,β-unsaturated/α-hetero) is 1. The largest absolute Gasteiger partial charge is 0.421 e. The molecule has 0 atom stereocenters. The van der Waals surface area contributed by atoms with Crippen molar-refractivity contribution in [1.29, 1.82) is 0 Å². The third-order valence-corrected chi connectivity index (χ3v) is 2.68. The van der Waals surface area contributed by atoms with Gasteiger partial charge in [-0.05, 0) is 46.9 Å². The van der Waals surface area contributed by atoms with E-state index in [-0.39, 0.29) is 11.5 Å². The first kappa shape index (κ1) is 14.7. The Hall–Kier alpha value is -1.37. The molecule has 0 aliphatic heterocycles. The van der Waals surface area contributed by atoms with E-state index < -0.39 is 5.97 Å². The Morgan fingerprint density at radius 1 is 1.22 bits per heavy atom. The van der Waals surface area contributed by atoms with Gasteiger partial charge in [-0.25, -0.2) is 0 Å². The fourth-order valence-corrected chi connectivity index (χ4v) is 1.62. The van der Waals surface area contributed by atoms with Crippen LogP contribution in [0.15, 0.2) is 36.2 Å². The lowest BCUT2D eigenvalue weighted by atomic mass is 10.1. The molecule has 0 aliphatic rings. The average molecular weight is 359 g/mol. The highest BCUT2D eigenvalue weighted by molar-refractivity contribution is 14.1. The normalized spacial score (nSPS) is 11.0. The van der Waals surface area contributed by atoms with E-state index in [1.807, 2.05) is 12.1 Å². The highest BCUT2D eigenvalue weighted by atomic mass is 127. The molecule has 0 spiro atoms. The van der Waals surface area contributed by atoms with Gasteiger partial charge in [0.05, 0.1) is 0 Å². The standard InChI is InChI=1S/C13H14INO3/c1-9(16)18-12(8-15(2)3)13(17)10-4-6-11(14)7-5-10/h4-8H,1-3H3/b12-8-. The lowest BCUT2D eigenvalue weighted by Crippen LogP contribution is -2.14. The summed E-state index contributed by atoms with van der Waals surface area (Å²) in [7, 11) is 3.51. The zero-order chi connectivity index (χ0) is 13.7. The summed E-state index contributed by atoms with van der Waals surface area (Å²) in [5, 5.41) is 0. The number of hydrogen-bond acceptors (Lipinski definition) is 4. The Morgan fingerprint density at radius 2 is 1.78 bits per heavy atom. The summed E-state index contributed by atoms with van der Waals surface area (Å²) >= 11 is 2.16. The SMILES string of the molecule is CC(=O)O/C(=C\N(C)C)C(=O)c1ccc(I)cc1. The minimum atomic E-state index is -0.512. The van der Waals surface area contributed by atoms with Gasteiger partial charge < -0.3 is 9.64 Å².